The molecule has 0 bridgehead atoms. The summed E-state index contributed by atoms with van der Waals surface area (Å²) < 4.78 is 1.93. The number of nitrogen functional groups attached to an aromatic ring is 1. The first-order valence-corrected chi connectivity index (χ1v) is 12.2. The van der Waals surface area contributed by atoms with Crippen molar-refractivity contribution in [2.45, 2.75) is 56.4 Å². The lowest BCUT2D eigenvalue weighted by atomic mass is 9.95. The maximum atomic E-state index is 10.8. The van der Waals surface area contributed by atoms with Crippen molar-refractivity contribution in [1.29, 1.82) is 0 Å². The third-order valence-corrected chi connectivity index (χ3v) is 7.69. The van der Waals surface area contributed by atoms with Crippen LogP contribution in [0.5, 0.6) is 0 Å². The highest BCUT2D eigenvalue weighted by atomic mass is 16.3. The molecule has 4 heterocycles. The van der Waals surface area contributed by atoms with E-state index >= 15 is 0 Å². The monoisotopic (exact) mass is 470 g/mol. The molecule has 35 heavy (non-hydrogen) atoms. The molecule has 0 spiro atoms. The Bertz CT molecular complexity index is 1420. The molecule has 8 nitrogen and oxygen atoms in total. The predicted octanol–water partition coefficient (Wildman–Crippen LogP) is 3.39. The Kier molecular flexibility index (Phi) is 5.42. The van der Waals surface area contributed by atoms with Gasteiger partial charge in [0.05, 0.1) is 23.0 Å². The number of aromatic nitrogens is 4. The van der Waals surface area contributed by atoms with Crippen molar-refractivity contribution in [2.75, 3.05) is 11.1 Å². The summed E-state index contributed by atoms with van der Waals surface area (Å²) >= 11 is 0. The predicted molar refractivity (Wildman–Crippen MR) is 137 cm³/mol. The number of nitrogens with two attached hydrogens (primary N) is 1. The second-order valence-corrected chi connectivity index (χ2v) is 9.90. The van der Waals surface area contributed by atoms with Crippen LogP contribution in [0.4, 0.5) is 11.6 Å². The van der Waals surface area contributed by atoms with E-state index in [1.54, 1.807) is 0 Å². The van der Waals surface area contributed by atoms with Crippen molar-refractivity contribution in [1.82, 2.24) is 19.5 Å². The maximum absolute atomic E-state index is 10.8. The van der Waals surface area contributed by atoms with Crippen molar-refractivity contribution >= 4 is 33.6 Å². The van der Waals surface area contributed by atoms with Crippen LogP contribution < -0.4 is 11.1 Å². The third kappa shape index (κ3) is 3.83. The van der Waals surface area contributed by atoms with E-state index in [4.69, 9.17) is 10.7 Å². The summed E-state index contributed by atoms with van der Waals surface area (Å²) in [4.78, 5) is 13.3. The number of rotatable bonds is 6. The molecule has 4 aromatic rings. The SMILES string of the molecule is C=CC[C@@H]1Cc2cc3ccc(CCC4C[C@@H](n5ccc6c(N)ncnc65)[C@H](O)[C@@H]4O)cc3nc2N1. The van der Waals surface area contributed by atoms with Gasteiger partial charge in [0.2, 0.25) is 0 Å². The molecular weight excluding hydrogens is 440 g/mol. The van der Waals surface area contributed by atoms with Gasteiger partial charge in [0, 0.05) is 17.6 Å². The van der Waals surface area contributed by atoms with Crippen LogP contribution in [0.25, 0.3) is 21.9 Å². The van der Waals surface area contributed by atoms with E-state index in [1.165, 1.54) is 17.5 Å². The zero-order valence-electron chi connectivity index (χ0n) is 19.5. The fourth-order valence-corrected chi connectivity index (χ4v) is 5.82. The molecule has 6 rings (SSSR count). The van der Waals surface area contributed by atoms with Crippen molar-refractivity contribution in [2.24, 2.45) is 5.92 Å². The molecule has 1 unspecified atom stereocenters. The van der Waals surface area contributed by atoms with E-state index in [-0.39, 0.29) is 12.0 Å². The van der Waals surface area contributed by atoms with Crippen LogP contribution in [0.2, 0.25) is 0 Å². The minimum Gasteiger partial charge on any atom is -0.390 e. The van der Waals surface area contributed by atoms with Gasteiger partial charge in [-0.3, -0.25) is 0 Å². The zero-order valence-corrected chi connectivity index (χ0v) is 19.5. The summed E-state index contributed by atoms with van der Waals surface area (Å²) in [5.74, 6) is 1.37. The lowest BCUT2D eigenvalue weighted by Crippen LogP contribution is -2.29. The Morgan fingerprint density at radius 2 is 2.06 bits per heavy atom. The van der Waals surface area contributed by atoms with Crippen molar-refractivity contribution in [3.63, 3.8) is 0 Å². The molecule has 5 N–H and O–H groups in total. The smallest absolute Gasteiger partial charge is 0.145 e. The average Bonchev–Trinajstić information content (AvgIpc) is 3.53. The topological polar surface area (TPSA) is 122 Å². The zero-order chi connectivity index (χ0) is 24.1. The van der Waals surface area contributed by atoms with Gasteiger partial charge >= 0.3 is 0 Å². The second kappa shape index (κ2) is 8.62. The number of anilines is 2. The van der Waals surface area contributed by atoms with Crippen LogP contribution in [0, 0.1) is 5.92 Å². The highest BCUT2D eigenvalue weighted by Crippen LogP contribution is 2.40. The van der Waals surface area contributed by atoms with E-state index in [9.17, 15) is 10.2 Å². The molecule has 5 atom stereocenters. The van der Waals surface area contributed by atoms with Crippen LogP contribution in [0.15, 0.2) is 55.5 Å². The van der Waals surface area contributed by atoms with E-state index in [2.05, 4.69) is 46.1 Å². The molecule has 1 saturated carbocycles. The van der Waals surface area contributed by atoms with Gasteiger partial charge in [-0.25, -0.2) is 15.0 Å². The summed E-state index contributed by atoms with van der Waals surface area (Å²) in [5.41, 5.74) is 10.1. The van der Waals surface area contributed by atoms with Crippen LogP contribution in [-0.2, 0) is 12.8 Å². The fourth-order valence-electron chi connectivity index (χ4n) is 5.82. The first kappa shape index (κ1) is 22.0. The number of pyridine rings is 1. The van der Waals surface area contributed by atoms with Crippen molar-refractivity contribution in [3.8, 4) is 0 Å². The van der Waals surface area contributed by atoms with Crippen molar-refractivity contribution in [3.05, 3.63) is 66.6 Å². The highest BCUT2D eigenvalue weighted by Gasteiger charge is 2.42. The summed E-state index contributed by atoms with van der Waals surface area (Å²) in [6.45, 7) is 3.85. The second-order valence-electron chi connectivity index (χ2n) is 9.90. The number of fused-ring (bicyclic) bond motifs is 3. The number of nitrogens with zero attached hydrogens (tertiary/aromatic N) is 4. The van der Waals surface area contributed by atoms with Gasteiger partial charge in [0.15, 0.2) is 0 Å². The normalized spacial score (nSPS) is 25.7. The van der Waals surface area contributed by atoms with Gasteiger partial charge < -0.3 is 25.8 Å². The molecule has 3 aromatic heterocycles. The van der Waals surface area contributed by atoms with Crippen LogP contribution >= 0.6 is 0 Å². The Morgan fingerprint density at radius 1 is 1.17 bits per heavy atom. The van der Waals surface area contributed by atoms with Crippen LogP contribution in [0.1, 0.15) is 36.4 Å². The van der Waals surface area contributed by atoms with Crippen LogP contribution in [0.3, 0.4) is 0 Å². The van der Waals surface area contributed by atoms with E-state index in [0.29, 0.717) is 23.9 Å². The summed E-state index contributed by atoms with van der Waals surface area (Å²) in [6.07, 6.45) is 7.77. The minimum absolute atomic E-state index is 0.0170. The van der Waals surface area contributed by atoms with Gasteiger partial charge in [0.25, 0.3) is 0 Å². The molecule has 1 aliphatic heterocycles. The van der Waals surface area contributed by atoms with E-state index < -0.39 is 12.2 Å². The Balaban J connectivity index is 1.17. The van der Waals surface area contributed by atoms with Crippen molar-refractivity contribution < 1.29 is 10.2 Å². The first-order chi connectivity index (χ1) is 17.0. The quantitative estimate of drug-likeness (QED) is 0.319. The lowest BCUT2D eigenvalue weighted by molar-refractivity contribution is 0.00545. The molecular formula is C27H30N6O2. The largest absolute Gasteiger partial charge is 0.390 e. The first-order valence-electron chi connectivity index (χ1n) is 12.2. The summed E-state index contributed by atoms with van der Waals surface area (Å²) in [7, 11) is 0. The number of hydrogen-bond acceptors (Lipinski definition) is 7. The number of nitrogens with one attached hydrogen (secondary N) is 1. The Morgan fingerprint density at radius 3 is 2.91 bits per heavy atom. The van der Waals surface area contributed by atoms with Gasteiger partial charge in [-0.05, 0) is 67.3 Å². The molecule has 0 saturated heterocycles. The van der Waals surface area contributed by atoms with Gasteiger partial charge in [-0.2, -0.15) is 0 Å². The fraction of sp³-hybridized carbons (Fsp3) is 0.370. The highest BCUT2D eigenvalue weighted by molar-refractivity contribution is 5.86. The third-order valence-electron chi connectivity index (χ3n) is 7.69. The van der Waals surface area contributed by atoms with Gasteiger partial charge in [-0.1, -0.05) is 18.2 Å². The number of aryl methyl sites for hydroxylation is 1. The molecule has 1 fully saturated rings. The van der Waals surface area contributed by atoms with E-state index in [0.717, 1.165) is 47.8 Å². The summed E-state index contributed by atoms with van der Waals surface area (Å²) in [6, 6.07) is 10.6. The molecule has 8 heteroatoms. The minimum atomic E-state index is -0.859. The Labute approximate surface area is 203 Å². The molecule has 180 valence electrons. The molecule has 0 radical (unpaired) electrons. The molecule has 1 aliphatic carbocycles. The Hall–Kier alpha value is -3.49. The van der Waals surface area contributed by atoms with Crippen LogP contribution in [-0.4, -0.2) is 48.0 Å². The van der Waals surface area contributed by atoms with Gasteiger partial charge in [0.1, 0.15) is 29.7 Å². The molecule has 2 aliphatic rings. The summed E-state index contributed by atoms with van der Waals surface area (Å²) in [5, 5.41) is 27.1. The van der Waals surface area contributed by atoms with E-state index in [1.807, 2.05) is 22.9 Å². The number of aliphatic hydroxyl groups is 2. The lowest BCUT2D eigenvalue weighted by Gasteiger charge is -2.19. The van der Waals surface area contributed by atoms with Gasteiger partial charge in [-0.15, -0.1) is 6.58 Å². The molecule has 0 amide bonds. The number of benzene rings is 1. The average molecular weight is 471 g/mol. The maximum Gasteiger partial charge on any atom is 0.145 e. The number of hydrogen-bond donors (Lipinski definition) is 4. The molecule has 1 aromatic carbocycles. The number of aliphatic hydroxyl groups excluding tert-OH is 2. The standard InChI is InChI=1S/C27H30N6O2/c1-2-3-19-12-18-11-16-6-4-15(10-21(16)32-26(18)31-19)5-7-17-13-22(24(35)23(17)34)33-9-8-20-25(28)29-14-30-27(20)33/h2,4,6,8-11,14,17,19,22-24,34-35H,1,3,5,7,12-13H2,(H,31,32)(H2,28,29,30)/t17?,19-,22-,23-,24+/m1/s1.